The third-order valence-corrected chi connectivity index (χ3v) is 4.74. The van der Waals surface area contributed by atoms with E-state index < -0.39 is 0 Å². The van der Waals surface area contributed by atoms with Gasteiger partial charge in [-0.25, -0.2) is 0 Å². The van der Waals surface area contributed by atoms with E-state index >= 15 is 0 Å². The molecule has 0 bridgehead atoms. The maximum Gasteiger partial charge on any atom is 0.225 e. The van der Waals surface area contributed by atoms with Gasteiger partial charge in [-0.2, -0.15) is 0 Å². The Kier molecular flexibility index (Phi) is 2.25. The molecule has 0 saturated carbocycles. The minimum absolute atomic E-state index is 0.196. The van der Waals surface area contributed by atoms with Crippen LogP contribution >= 0.6 is 0 Å². The third-order valence-electron chi connectivity index (χ3n) is 4.74. The Morgan fingerprint density at radius 1 is 1.26 bits per heavy atom. The van der Waals surface area contributed by atoms with Crippen molar-refractivity contribution in [2.24, 2.45) is 5.92 Å². The predicted octanol–water partition coefficient (Wildman–Crippen LogP) is 3.02. The maximum absolute atomic E-state index is 12.3. The Hall–Kier alpha value is -1.77. The van der Waals surface area contributed by atoms with Crippen LogP contribution < -0.4 is 0 Å². The number of benzene rings is 1. The lowest BCUT2D eigenvalue weighted by Gasteiger charge is -2.41. The fourth-order valence-electron chi connectivity index (χ4n) is 3.70. The zero-order chi connectivity index (χ0) is 13.0. The van der Waals surface area contributed by atoms with E-state index in [0.717, 1.165) is 25.8 Å². The summed E-state index contributed by atoms with van der Waals surface area (Å²) in [5.74, 6) is 0.530. The first-order valence-corrected chi connectivity index (χ1v) is 7.15. The van der Waals surface area contributed by atoms with Crippen molar-refractivity contribution in [3.63, 3.8) is 0 Å². The van der Waals surface area contributed by atoms with Gasteiger partial charge in [0.1, 0.15) is 0 Å². The van der Waals surface area contributed by atoms with Gasteiger partial charge < -0.3 is 9.88 Å². The molecule has 2 atom stereocenters. The van der Waals surface area contributed by atoms with Gasteiger partial charge in [0.05, 0.1) is 6.04 Å². The zero-order valence-electron chi connectivity index (χ0n) is 11.1. The minimum atomic E-state index is 0.196. The van der Waals surface area contributed by atoms with Gasteiger partial charge >= 0.3 is 0 Å². The first-order valence-electron chi connectivity index (χ1n) is 7.15. The molecule has 3 nitrogen and oxygen atoms in total. The smallest absolute Gasteiger partial charge is 0.225 e. The van der Waals surface area contributed by atoms with E-state index in [2.05, 4.69) is 41.1 Å². The van der Waals surface area contributed by atoms with Gasteiger partial charge in [0, 0.05) is 29.1 Å². The van der Waals surface area contributed by atoms with Gasteiger partial charge in [0.2, 0.25) is 5.91 Å². The van der Waals surface area contributed by atoms with Crippen LogP contribution in [0.2, 0.25) is 0 Å². The summed E-state index contributed by atoms with van der Waals surface area (Å²) in [6.45, 7) is 2.93. The molecule has 4 rings (SSSR count). The van der Waals surface area contributed by atoms with Crippen molar-refractivity contribution in [2.45, 2.75) is 32.2 Å². The Balaban J connectivity index is 1.85. The SMILES string of the molecule is C[C@H]1CC[C@@H]2c3[nH]c4ccccc4c3CCN2C1=O. The second kappa shape index (κ2) is 3.86. The summed E-state index contributed by atoms with van der Waals surface area (Å²) in [4.78, 5) is 17.9. The molecule has 1 amide bonds. The molecule has 0 spiro atoms. The summed E-state index contributed by atoms with van der Waals surface area (Å²) >= 11 is 0. The maximum atomic E-state index is 12.3. The molecule has 3 heterocycles. The lowest BCUT2D eigenvalue weighted by Crippen LogP contribution is -2.46. The third kappa shape index (κ3) is 1.47. The van der Waals surface area contributed by atoms with E-state index in [1.54, 1.807) is 0 Å². The number of piperidine rings is 1. The molecule has 1 fully saturated rings. The highest BCUT2D eigenvalue weighted by Gasteiger charge is 2.38. The summed E-state index contributed by atoms with van der Waals surface area (Å²) in [6.07, 6.45) is 3.08. The molecule has 98 valence electrons. The molecule has 1 aromatic heterocycles. The van der Waals surface area contributed by atoms with Gasteiger partial charge in [0.25, 0.3) is 0 Å². The molecule has 0 unspecified atom stereocenters. The highest BCUT2D eigenvalue weighted by atomic mass is 16.2. The highest BCUT2D eigenvalue weighted by Crippen LogP contribution is 2.40. The minimum Gasteiger partial charge on any atom is -0.356 e. The van der Waals surface area contributed by atoms with Crippen molar-refractivity contribution in [1.82, 2.24) is 9.88 Å². The van der Waals surface area contributed by atoms with Crippen molar-refractivity contribution in [1.29, 1.82) is 0 Å². The molecule has 19 heavy (non-hydrogen) atoms. The summed E-state index contributed by atoms with van der Waals surface area (Å²) in [6, 6.07) is 8.76. The molecule has 1 N–H and O–H groups in total. The number of hydrogen-bond acceptors (Lipinski definition) is 1. The first-order chi connectivity index (χ1) is 9.25. The Bertz CT molecular complexity index is 658. The van der Waals surface area contributed by atoms with Gasteiger partial charge in [-0.15, -0.1) is 0 Å². The summed E-state index contributed by atoms with van der Waals surface area (Å²) in [5, 5.41) is 1.34. The fourth-order valence-corrected chi connectivity index (χ4v) is 3.70. The van der Waals surface area contributed by atoms with Crippen molar-refractivity contribution in [3.05, 3.63) is 35.5 Å². The molecular formula is C16H18N2O. The number of aromatic nitrogens is 1. The number of para-hydroxylation sites is 1. The van der Waals surface area contributed by atoms with Crippen molar-refractivity contribution >= 4 is 16.8 Å². The van der Waals surface area contributed by atoms with E-state index in [9.17, 15) is 4.79 Å². The number of rotatable bonds is 0. The van der Waals surface area contributed by atoms with Crippen LogP contribution in [0.25, 0.3) is 10.9 Å². The molecular weight excluding hydrogens is 236 g/mol. The molecule has 0 aliphatic carbocycles. The van der Waals surface area contributed by atoms with Crippen LogP contribution in [0.5, 0.6) is 0 Å². The number of H-pyrrole nitrogens is 1. The first kappa shape index (κ1) is 11.1. The summed E-state index contributed by atoms with van der Waals surface area (Å²) < 4.78 is 0. The second-order valence-corrected chi connectivity index (χ2v) is 5.84. The fraction of sp³-hybridized carbons (Fsp3) is 0.438. The predicted molar refractivity (Wildman–Crippen MR) is 74.9 cm³/mol. The summed E-state index contributed by atoms with van der Waals surface area (Å²) in [7, 11) is 0. The van der Waals surface area contributed by atoms with Gasteiger partial charge in [-0.3, -0.25) is 4.79 Å². The normalized spacial score (nSPS) is 26.4. The molecule has 0 radical (unpaired) electrons. The number of nitrogens with zero attached hydrogens (tertiary/aromatic N) is 1. The number of fused-ring (bicyclic) bond motifs is 5. The Morgan fingerprint density at radius 2 is 2.11 bits per heavy atom. The van der Waals surface area contributed by atoms with Crippen LogP contribution in [0, 0.1) is 5.92 Å². The van der Waals surface area contributed by atoms with E-state index in [4.69, 9.17) is 0 Å². The van der Waals surface area contributed by atoms with Crippen LogP contribution in [0.3, 0.4) is 0 Å². The number of amides is 1. The molecule has 2 aliphatic heterocycles. The Morgan fingerprint density at radius 3 is 3.00 bits per heavy atom. The zero-order valence-corrected chi connectivity index (χ0v) is 11.1. The summed E-state index contributed by atoms with van der Waals surface area (Å²) in [5.41, 5.74) is 3.92. The van der Waals surface area contributed by atoms with Crippen LogP contribution in [-0.4, -0.2) is 22.3 Å². The van der Waals surface area contributed by atoms with Gasteiger partial charge in [0.15, 0.2) is 0 Å². The van der Waals surface area contributed by atoms with Crippen molar-refractivity contribution in [2.75, 3.05) is 6.54 Å². The molecule has 2 aliphatic rings. The largest absolute Gasteiger partial charge is 0.356 e. The molecule has 2 aromatic rings. The van der Waals surface area contributed by atoms with Gasteiger partial charge in [-0.1, -0.05) is 25.1 Å². The van der Waals surface area contributed by atoms with Gasteiger partial charge in [-0.05, 0) is 30.9 Å². The van der Waals surface area contributed by atoms with Crippen LogP contribution in [0.15, 0.2) is 24.3 Å². The second-order valence-electron chi connectivity index (χ2n) is 5.84. The van der Waals surface area contributed by atoms with E-state index in [-0.39, 0.29) is 12.0 Å². The standard InChI is InChI=1S/C16H18N2O/c1-10-6-7-14-15-12(8-9-18(14)16(10)19)11-4-2-3-5-13(11)17-15/h2-5,10,14,17H,6-9H2,1H3/t10-,14+/m0/s1. The quantitative estimate of drug-likeness (QED) is 0.770. The highest BCUT2D eigenvalue weighted by molar-refractivity contribution is 5.86. The van der Waals surface area contributed by atoms with Crippen LogP contribution in [0.4, 0.5) is 0 Å². The average molecular weight is 254 g/mol. The van der Waals surface area contributed by atoms with E-state index in [1.807, 2.05) is 0 Å². The van der Waals surface area contributed by atoms with E-state index in [0.29, 0.717) is 5.91 Å². The topological polar surface area (TPSA) is 36.1 Å². The molecule has 1 saturated heterocycles. The number of aromatic amines is 1. The lowest BCUT2D eigenvalue weighted by atomic mass is 9.86. The Labute approximate surface area is 112 Å². The lowest BCUT2D eigenvalue weighted by molar-refractivity contribution is -0.142. The van der Waals surface area contributed by atoms with E-state index in [1.165, 1.54) is 22.2 Å². The molecule has 1 aromatic carbocycles. The van der Waals surface area contributed by atoms with Crippen LogP contribution in [-0.2, 0) is 11.2 Å². The number of nitrogens with one attached hydrogen (secondary N) is 1. The monoisotopic (exact) mass is 254 g/mol. The number of carbonyl (C=O) groups is 1. The van der Waals surface area contributed by atoms with Crippen molar-refractivity contribution < 1.29 is 4.79 Å². The number of hydrogen-bond donors (Lipinski definition) is 1. The van der Waals surface area contributed by atoms with Crippen molar-refractivity contribution in [3.8, 4) is 0 Å². The van der Waals surface area contributed by atoms with Crippen LogP contribution in [0.1, 0.15) is 37.1 Å². The average Bonchev–Trinajstić information content (AvgIpc) is 2.81. The number of carbonyl (C=O) groups excluding carboxylic acids is 1. The molecule has 3 heteroatoms.